The molecule has 0 heterocycles. The molecule has 2 amide bonds. The average Bonchev–Trinajstić information content (AvgIpc) is 2.96. The normalized spacial score (nSPS) is 11.9. The molecule has 0 spiro atoms. The van der Waals surface area contributed by atoms with E-state index in [0.29, 0.717) is 18.7 Å². The first-order valence-electron chi connectivity index (χ1n) is 13.1. The predicted octanol–water partition coefficient (Wildman–Crippen LogP) is 4.27. The van der Waals surface area contributed by atoms with Gasteiger partial charge in [0.05, 0.1) is 17.7 Å². The fourth-order valence-electron chi connectivity index (χ4n) is 4.12. The summed E-state index contributed by atoms with van der Waals surface area (Å²) in [4.78, 5) is 28.4. The van der Waals surface area contributed by atoms with Gasteiger partial charge in [-0.15, -0.1) is 0 Å². The Bertz CT molecular complexity index is 1320. The largest absolute Gasteiger partial charge is 0.497 e. The van der Waals surface area contributed by atoms with Crippen LogP contribution in [0.5, 0.6) is 5.75 Å². The van der Waals surface area contributed by atoms with E-state index in [1.807, 2.05) is 37.3 Å². The third kappa shape index (κ3) is 8.07. The summed E-state index contributed by atoms with van der Waals surface area (Å²) in [6.07, 6.45) is 2.28. The highest BCUT2D eigenvalue weighted by molar-refractivity contribution is 7.92. The second-order valence-electron chi connectivity index (χ2n) is 9.17. The number of rotatable bonds is 14. The quantitative estimate of drug-likeness (QED) is 0.302. The molecule has 3 aromatic carbocycles. The van der Waals surface area contributed by atoms with Crippen molar-refractivity contribution in [1.29, 1.82) is 0 Å². The van der Waals surface area contributed by atoms with E-state index in [4.69, 9.17) is 4.74 Å². The van der Waals surface area contributed by atoms with Crippen molar-refractivity contribution in [3.63, 3.8) is 0 Å². The zero-order valence-corrected chi connectivity index (χ0v) is 23.6. The Labute approximate surface area is 231 Å². The number of ether oxygens (including phenoxy) is 1. The van der Waals surface area contributed by atoms with E-state index < -0.39 is 28.5 Å². The van der Waals surface area contributed by atoms with E-state index in [1.165, 1.54) is 24.1 Å². The number of amides is 2. The van der Waals surface area contributed by atoms with Gasteiger partial charge in [-0.3, -0.25) is 13.9 Å². The third-order valence-electron chi connectivity index (χ3n) is 6.43. The number of nitrogens with one attached hydrogen (secondary N) is 1. The number of carbonyl (C=O) groups excluding carboxylic acids is 2. The topological polar surface area (TPSA) is 96.0 Å². The van der Waals surface area contributed by atoms with Crippen molar-refractivity contribution >= 4 is 27.5 Å². The first kappa shape index (κ1) is 29.7. The maximum Gasteiger partial charge on any atom is 0.264 e. The van der Waals surface area contributed by atoms with Gasteiger partial charge in [-0.05, 0) is 49.6 Å². The van der Waals surface area contributed by atoms with Crippen molar-refractivity contribution in [2.45, 2.75) is 44.0 Å². The summed E-state index contributed by atoms with van der Waals surface area (Å²) in [5.74, 6) is -0.298. The first-order valence-corrected chi connectivity index (χ1v) is 14.5. The number of hydrogen-bond acceptors (Lipinski definition) is 5. The highest BCUT2D eigenvalue weighted by atomic mass is 32.2. The Kier molecular flexibility index (Phi) is 10.9. The number of anilines is 1. The Balaban J connectivity index is 1.95. The molecular formula is C30H37N3O5S. The van der Waals surface area contributed by atoms with E-state index in [2.05, 4.69) is 5.32 Å². The Morgan fingerprint density at radius 1 is 0.949 bits per heavy atom. The van der Waals surface area contributed by atoms with Crippen molar-refractivity contribution in [1.82, 2.24) is 10.2 Å². The molecule has 0 aliphatic carbocycles. The van der Waals surface area contributed by atoms with Gasteiger partial charge in [-0.1, -0.05) is 67.9 Å². The van der Waals surface area contributed by atoms with Gasteiger partial charge in [0.2, 0.25) is 11.8 Å². The molecule has 1 unspecified atom stereocenters. The number of carbonyl (C=O) groups is 2. The van der Waals surface area contributed by atoms with E-state index in [0.717, 1.165) is 22.7 Å². The molecule has 8 nitrogen and oxygen atoms in total. The van der Waals surface area contributed by atoms with Crippen molar-refractivity contribution in [3.05, 3.63) is 90.5 Å². The molecule has 0 aliphatic rings. The number of nitrogens with zero attached hydrogens (tertiary/aromatic N) is 2. The first-order chi connectivity index (χ1) is 18.8. The molecule has 3 aromatic rings. The maximum absolute atomic E-state index is 13.9. The van der Waals surface area contributed by atoms with E-state index in [1.54, 1.807) is 49.4 Å². The minimum atomic E-state index is -4.11. The summed E-state index contributed by atoms with van der Waals surface area (Å²) in [6, 6.07) is 23.4. The molecule has 0 saturated carbocycles. The highest BCUT2D eigenvalue weighted by Gasteiger charge is 2.32. The third-order valence-corrected chi connectivity index (χ3v) is 8.22. The van der Waals surface area contributed by atoms with E-state index >= 15 is 0 Å². The summed E-state index contributed by atoms with van der Waals surface area (Å²) in [5, 5.41) is 2.89. The van der Waals surface area contributed by atoms with Crippen LogP contribution in [0.4, 0.5) is 5.69 Å². The second kappa shape index (κ2) is 14.3. The van der Waals surface area contributed by atoms with Crippen LogP contribution in [0.3, 0.4) is 0 Å². The average molecular weight is 552 g/mol. The van der Waals surface area contributed by atoms with Crippen LogP contribution in [0.2, 0.25) is 0 Å². The lowest BCUT2D eigenvalue weighted by Gasteiger charge is -2.32. The van der Waals surface area contributed by atoms with Crippen LogP contribution in [-0.4, -0.2) is 57.9 Å². The van der Waals surface area contributed by atoms with Gasteiger partial charge in [0.25, 0.3) is 10.0 Å². The van der Waals surface area contributed by atoms with Gasteiger partial charge in [-0.2, -0.15) is 0 Å². The van der Waals surface area contributed by atoms with Crippen LogP contribution < -0.4 is 14.4 Å². The van der Waals surface area contributed by atoms with Crippen molar-refractivity contribution in [3.8, 4) is 5.75 Å². The molecular weight excluding hydrogens is 514 g/mol. The molecule has 1 atom stereocenters. The van der Waals surface area contributed by atoms with Gasteiger partial charge in [0.1, 0.15) is 18.3 Å². The summed E-state index contributed by atoms with van der Waals surface area (Å²) in [5.41, 5.74) is 1.30. The van der Waals surface area contributed by atoms with E-state index in [9.17, 15) is 18.0 Å². The molecule has 0 aliphatic heterocycles. The number of sulfonamides is 1. The van der Waals surface area contributed by atoms with Crippen molar-refractivity contribution in [2.75, 3.05) is 31.0 Å². The lowest BCUT2D eigenvalue weighted by Crippen LogP contribution is -2.52. The minimum Gasteiger partial charge on any atom is -0.497 e. The van der Waals surface area contributed by atoms with Crippen LogP contribution in [0.15, 0.2) is 89.8 Å². The number of methoxy groups -OCH3 is 1. The predicted molar refractivity (Wildman–Crippen MR) is 153 cm³/mol. The number of unbranched alkanes of at least 4 members (excludes halogenated alkanes) is 1. The summed E-state index contributed by atoms with van der Waals surface area (Å²) >= 11 is 0. The highest BCUT2D eigenvalue weighted by Crippen LogP contribution is 2.27. The number of benzene rings is 3. The lowest BCUT2D eigenvalue weighted by molar-refractivity contribution is -0.138. The van der Waals surface area contributed by atoms with Crippen LogP contribution >= 0.6 is 0 Å². The monoisotopic (exact) mass is 551 g/mol. The Morgan fingerprint density at radius 2 is 1.62 bits per heavy atom. The van der Waals surface area contributed by atoms with Crippen molar-refractivity contribution < 1.29 is 22.7 Å². The SMILES string of the molecule is CCCCNC(=O)C(C)N(CCc1ccccc1)C(=O)CN(c1cccc(OC)c1)S(=O)(=O)c1ccccc1. The molecule has 208 valence electrons. The molecule has 0 radical (unpaired) electrons. The van der Waals surface area contributed by atoms with Gasteiger partial charge >= 0.3 is 0 Å². The van der Waals surface area contributed by atoms with Gasteiger partial charge in [-0.25, -0.2) is 8.42 Å². The van der Waals surface area contributed by atoms with Gasteiger partial charge in [0.15, 0.2) is 0 Å². The van der Waals surface area contributed by atoms with Crippen LogP contribution in [0.1, 0.15) is 32.3 Å². The summed E-state index contributed by atoms with van der Waals surface area (Å²) in [7, 11) is -2.62. The zero-order valence-electron chi connectivity index (χ0n) is 22.7. The molecule has 0 saturated heterocycles. The number of hydrogen-bond donors (Lipinski definition) is 1. The maximum atomic E-state index is 13.9. The molecule has 0 aromatic heterocycles. The molecule has 3 rings (SSSR count). The molecule has 9 heteroatoms. The van der Waals surface area contributed by atoms with Crippen LogP contribution in [-0.2, 0) is 26.0 Å². The fraction of sp³-hybridized carbons (Fsp3) is 0.333. The molecule has 0 bridgehead atoms. The Hall–Kier alpha value is -3.85. The van der Waals surface area contributed by atoms with Crippen molar-refractivity contribution in [2.24, 2.45) is 0 Å². The second-order valence-corrected chi connectivity index (χ2v) is 11.0. The molecule has 1 N–H and O–H groups in total. The fourth-order valence-corrected chi connectivity index (χ4v) is 5.55. The van der Waals surface area contributed by atoms with Crippen LogP contribution in [0, 0.1) is 0 Å². The molecule has 0 fully saturated rings. The standard InChI is InChI=1S/C30H37N3O5S/c1-4-5-20-31-30(35)24(2)32(21-19-25-13-8-6-9-14-25)29(34)23-33(26-15-12-16-27(22-26)38-3)39(36,37)28-17-10-7-11-18-28/h6-18,22,24H,4-5,19-21,23H2,1-3H3,(H,31,35). The Morgan fingerprint density at radius 3 is 2.26 bits per heavy atom. The summed E-state index contributed by atoms with van der Waals surface area (Å²) in [6.45, 7) is 3.99. The van der Waals surface area contributed by atoms with E-state index in [-0.39, 0.29) is 23.0 Å². The van der Waals surface area contributed by atoms with Gasteiger partial charge in [0, 0.05) is 19.2 Å². The minimum absolute atomic E-state index is 0.0572. The summed E-state index contributed by atoms with van der Waals surface area (Å²) < 4.78 is 34.0. The zero-order chi connectivity index (χ0) is 28.3. The van der Waals surface area contributed by atoms with Crippen LogP contribution in [0.25, 0.3) is 0 Å². The lowest BCUT2D eigenvalue weighted by atomic mass is 10.1. The molecule has 39 heavy (non-hydrogen) atoms. The van der Waals surface area contributed by atoms with Gasteiger partial charge < -0.3 is 15.0 Å². The smallest absolute Gasteiger partial charge is 0.264 e.